The Hall–Kier alpha value is -3.81. The Morgan fingerprint density at radius 1 is 1.06 bits per heavy atom. The molecule has 1 saturated heterocycles. The number of ether oxygens (including phenoxy) is 3. The van der Waals surface area contributed by atoms with Gasteiger partial charge in [0.25, 0.3) is 5.91 Å². The number of imide groups is 1. The van der Waals surface area contributed by atoms with Crippen LogP contribution in [0, 0.1) is 6.92 Å². The fraction of sp³-hybridized carbons (Fsp3) is 0.346. The Bertz CT molecular complexity index is 1140. The number of aromatic nitrogens is 1. The second kappa shape index (κ2) is 10.9. The molecule has 8 heteroatoms. The van der Waals surface area contributed by atoms with Crippen molar-refractivity contribution in [2.45, 2.75) is 52.2 Å². The minimum Gasteiger partial charge on any atom is -0.490 e. The molecule has 1 unspecified atom stereocenters. The Morgan fingerprint density at radius 2 is 1.88 bits per heavy atom. The number of nitrogens with one attached hydrogen (secondary N) is 1. The summed E-state index contributed by atoms with van der Waals surface area (Å²) >= 11 is 0. The van der Waals surface area contributed by atoms with Gasteiger partial charge in [0.2, 0.25) is 5.89 Å². The number of cyclic esters (lactones) is 1. The van der Waals surface area contributed by atoms with Gasteiger partial charge in [-0.3, -0.25) is 10.1 Å². The molecule has 178 valence electrons. The van der Waals surface area contributed by atoms with Gasteiger partial charge in [0.15, 0.2) is 17.6 Å². The summed E-state index contributed by atoms with van der Waals surface area (Å²) in [4.78, 5) is 27.4. The van der Waals surface area contributed by atoms with Crippen molar-refractivity contribution in [2.24, 2.45) is 0 Å². The third-order valence-electron chi connectivity index (χ3n) is 5.45. The van der Waals surface area contributed by atoms with Crippen LogP contribution in [0.25, 0.3) is 11.5 Å². The number of carbonyl (C=O) groups is 2. The van der Waals surface area contributed by atoms with Gasteiger partial charge in [0, 0.05) is 5.56 Å². The highest BCUT2D eigenvalue weighted by atomic mass is 16.6. The molecule has 3 aromatic rings. The van der Waals surface area contributed by atoms with Crippen LogP contribution in [0.15, 0.2) is 52.9 Å². The minimum atomic E-state index is -0.711. The van der Waals surface area contributed by atoms with Crippen molar-refractivity contribution in [3.05, 3.63) is 65.5 Å². The van der Waals surface area contributed by atoms with Gasteiger partial charge < -0.3 is 18.6 Å². The summed E-state index contributed by atoms with van der Waals surface area (Å²) < 4.78 is 22.8. The molecule has 1 aliphatic rings. The van der Waals surface area contributed by atoms with E-state index in [4.69, 9.17) is 18.6 Å². The van der Waals surface area contributed by atoms with Gasteiger partial charge in [-0.2, -0.15) is 0 Å². The molecular weight excluding hydrogens is 436 g/mol. The number of nitrogens with zero attached hydrogens (tertiary/aromatic N) is 1. The molecule has 0 radical (unpaired) electrons. The van der Waals surface area contributed by atoms with Crippen LogP contribution in [0.2, 0.25) is 0 Å². The molecule has 2 aromatic carbocycles. The van der Waals surface area contributed by atoms with E-state index < -0.39 is 12.2 Å². The summed E-state index contributed by atoms with van der Waals surface area (Å²) in [5.41, 5.74) is 2.69. The minimum absolute atomic E-state index is 0.256. The second-order valence-corrected chi connectivity index (χ2v) is 8.08. The van der Waals surface area contributed by atoms with Crippen molar-refractivity contribution in [3.63, 3.8) is 0 Å². The third-order valence-corrected chi connectivity index (χ3v) is 5.45. The van der Waals surface area contributed by atoms with Gasteiger partial charge in [0.05, 0.1) is 6.61 Å². The van der Waals surface area contributed by atoms with Crippen LogP contribution in [0.4, 0.5) is 4.79 Å². The van der Waals surface area contributed by atoms with Crippen molar-refractivity contribution in [1.29, 1.82) is 0 Å². The second-order valence-electron chi connectivity index (χ2n) is 8.08. The van der Waals surface area contributed by atoms with E-state index in [0.29, 0.717) is 49.0 Å². The third kappa shape index (κ3) is 5.75. The number of hydrogen-bond donors (Lipinski definition) is 1. The molecule has 0 aliphatic carbocycles. The lowest BCUT2D eigenvalue weighted by Crippen LogP contribution is -2.24. The standard InChI is InChI=1S/C26H28N2O6/c1-3-14-31-23-15-18(8-7-11-22-24(29)28-26(30)34-22)12-13-21(23)32-16-20-17(2)33-25(27-20)19-9-5-4-6-10-19/h4-6,9-10,12-13,15,22H,3,7-8,11,14,16H2,1-2H3,(H,28,29,30). The number of oxazole rings is 1. The summed E-state index contributed by atoms with van der Waals surface area (Å²) in [5, 5.41) is 2.15. The van der Waals surface area contributed by atoms with E-state index in [-0.39, 0.29) is 12.5 Å². The smallest absolute Gasteiger partial charge is 0.414 e. The monoisotopic (exact) mass is 464 g/mol. The fourth-order valence-corrected chi connectivity index (χ4v) is 3.64. The lowest BCUT2D eigenvalue weighted by molar-refractivity contribution is -0.123. The molecule has 1 fully saturated rings. The molecule has 2 amide bonds. The predicted molar refractivity (Wildman–Crippen MR) is 125 cm³/mol. The summed E-state index contributed by atoms with van der Waals surface area (Å²) in [5.74, 6) is 2.19. The van der Waals surface area contributed by atoms with Crippen LogP contribution in [-0.2, 0) is 22.6 Å². The zero-order valence-corrected chi connectivity index (χ0v) is 19.3. The Labute approximate surface area is 198 Å². The van der Waals surface area contributed by atoms with Crippen molar-refractivity contribution in [2.75, 3.05) is 6.61 Å². The van der Waals surface area contributed by atoms with E-state index in [0.717, 1.165) is 23.2 Å². The van der Waals surface area contributed by atoms with Gasteiger partial charge in [-0.25, -0.2) is 9.78 Å². The maximum Gasteiger partial charge on any atom is 0.414 e. The normalized spacial score (nSPS) is 15.2. The maximum atomic E-state index is 11.6. The van der Waals surface area contributed by atoms with E-state index in [1.165, 1.54) is 0 Å². The molecule has 34 heavy (non-hydrogen) atoms. The van der Waals surface area contributed by atoms with Crippen LogP contribution >= 0.6 is 0 Å². The topological polar surface area (TPSA) is 99.9 Å². The summed E-state index contributed by atoms with van der Waals surface area (Å²) in [7, 11) is 0. The summed E-state index contributed by atoms with van der Waals surface area (Å²) in [6, 6.07) is 15.6. The molecule has 4 rings (SSSR count). The maximum absolute atomic E-state index is 11.6. The highest BCUT2D eigenvalue weighted by Gasteiger charge is 2.31. The highest BCUT2D eigenvalue weighted by Crippen LogP contribution is 2.31. The first kappa shape index (κ1) is 23.4. The quantitative estimate of drug-likeness (QED) is 0.427. The molecule has 0 spiro atoms. The van der Waals surface area contributed by atoms with E-state index >= 15 is 0 Å². The van der Waals surface area contributed by atoms with Gasteiger partial charge >= 0.3 is 6.09 Å². The SMILES string of the molecule is CCCOc1cc(CCCC2OC(=O)NC2=O)ccc1OCc1nc(-c2ccccc2)oc1C. The van der Waals surface area contributed by atoms with Crippen molar-refractivity contribution in [1.82, 2.24) is 10.3 Å². The number of aryl methyl sites for hydroxylation is 2. The Morgan fingerprint density at radius 3 is 2.62 bits per heavy atom. The lowest BCUT2D eigenvalue weighted by Gasteiger charge is -2.14. The van der Waals surface area contributed by atoms with Gasteiger partial charge in [-0.1, -0.05) is 31.2 Å². The molecular formula is C26H28N2O6. The number of hydrogen-bond acceptors (Lipinski definition) is 7. The number of amides is 2. The molecule has 1 aromatic heterocycles. The zero-order valence-electron chi connectivity index (χ0n) is 19.3. The first-order chi connectivity index (χ1) is 16.5. The van der Waals surface area contributed by atoms with Gasteiger partial charge in [-0.15, -0.1) is 0 Å². The number of carbonyl (C=O) groups excluding carboxylic acids is 2. The van der Waals surface area contributed by atoms with Crippen LogP contribution in [-0.4, -0.2) is 29.7 Å². The largest absolute Gasteiger partial charge is 0.490 e. The van der Waals surface area contributed by atoms with Crippen LogP contribution in [0.1, 0.15) is 43.2 Å². The van der Waals surface area contributed by atoms with Crippen molar-refractivity contribution in [3.8, 4) is 23.0 Å². The van der Waals surface area contributed by atoms with Crippen molar-refractivity contribution >= 4 is 12.0 Å². The van der Waals surface area contributed by atoms with Crippen molar-refractivity contribution < 1.29 is 28.2 Å². The first-order valence-electron chi connectivity index (χ1n) is 11.4. The fourth-order valence-electron chi connectivity index (χ4n) is 3.64. The zero-order chi connectivity index (χ0) is 23.9. The van der Waals surface area contributed by atoms with E-state index in [1.54, 1.807) is 0 Å². The molecule has 1 atom stereocenters. The molecule has 2 heterocycles. The van der Waals surface area contributed by atoms with E-state index in [9.17, 15) is 9.59 Å². The Kier molecular flexibility index (Phi) is 7.47. The van der Waals surface area contributed by atoms with Gasteiger partial charge in [0.1, 0.15) is 18.1 Å². The van der Waals surface area contributed by atoms with Crippen LogP contribution in [0.5, 0.6) is 11.5 Å². The predicted octanol–water partition coefficient (Wildman–Crippen LogP) is 4.98. The number of rotatable bonds is 11. The van der Waals surface area contributed by atoms with E-state index in [1.807, 2.05) is 62.4 Å². The summed E-state index contributed by atoms with van der Waals surface area (Å²) in [6.45, 7) is 4.74. The molecule has 1 N–H and O–H groups in total. The first-order valence-corrected chi connectivity index (χ1v) is 11.4. The molecule has 0 saturated carbocycles. The van der Waals surface area contributed by atoms with Crippen LogP contribution < -0.4 is 14.8 Å². The molecule has 0 bridgehead atoms. The lowest BCUT2D eigenvalue weighted by atomic mass is 10.1. The van der Waals surface area contributed by atoms with E-state index in [2.05, 4.69) is 10.3 Å². The van der Waals surface area contributed by atoms with Crippen LogP contribution in [0.3, 0.4) is 0 Å². The highest BCUT2D eigenvalue weighted by molar-refractivity contribution is 5.99. The number of alkyl carbamates (subject to hydrolysis) is 1. The molecule has 8 nitrogen and oxygen atoms in total. The Balaban J connectivity index is 1.39. The summed E-state index contributed by atoms with van der Waals surface area (Å²) in [6.07, 6.45) is 1.36. The average molecular weight is 465 g/mol. The van der Waals surface area contributed by atoms with Gasteiger partial charge in [-0.05, 0) is 62.4 Å². The average Bonchev–Trinajstić information content (AvgIpc) is 3.37. The number of benzene rings is 2. The molecule has 1 aliphatic heterocycles.